The summed E-state index contributed by atoms with van der Waals surface area (Å²) in [6.45, 7) is -0.276. The first-order valence-electron chi connectivity index (χ1n) is 10.6. The van der Waals surface area contributed by atoms with Crippen LogP contribution in [0.25, 0.3) is 0 Å². The molecule has 8 nitrogen and oxygen atoms in total. The maximum Gasteiger partial charge on any atom is 0.327 e. The van der Waals surface area contributed by atoms with Gasteiger partial charge in [0, 0.05) is 18.0 Å². The summed E-state index contributed by atoms with van der Waals surface area (Å²) >= 11 is 5.99. The summed E-state index contributed by atoms with van der Waals surface area (Å²) in [7, 11) is -4.18. The van der Waals surface area contributed by atoms with Crippen molar-refractivity contribution in [3.8, 4) is 5.75 Å². The van der Waals surface area contributed by atoms with Crippen LogP contribution in [0, 0.1) is 5.82 Å². The van der Waals surface area contributed by atoms with Crippen molar-refractivity contribution in [2.75, 3.05) is 6.61 Å². The van der Waals surface area contributed by atoms with E-state index < -0.39 is 27.3 Å². The number of carboxylic acids is 1. The standard InChI is InChI=1S/C24H22ClFN2O6S/c25-21-12-18(26)4-3-17(21)14-33-19-5-7-20(8-6-19)35(31,32)28-24(23(29)30)10-9-22(34-15-24)16-2-1-11-27-13-16/h1-8,11-13,22,28H,9-10,14-15H2,(H,29,30). The van der Waals surface area contributed by atoms with Crippen LogP contribution >= 0.6 is 11.6 Å². The van der Waals surface area contributed by atoms with Crippen molar-refractivity contribution in [3.05, 3.63) is 89.0 Å². The summed E-state index contributed by atoms with van der Waals surface area (Å²) in [5, 5.41) is 10.1. The van der Waals surface area contributed by atoms with Gasteiger partial charge in [-0.2, -0.15) is 4.72 Å². The molecule has 1 saturated heterocycles. The van der Waals surface area contributed by atoms with Gasteiger partial charge < -0.3 is 14.6 Å². The molecule has 4 rings (SSSR count). The molecule has 0 radical (unpaired) electrons. The van der Waals surface area contributed by atoms with Crippen LogP contribution in [0.4, 0.5) is 4.39 Å². The SMILES string of the molecule is O=C(O)C1(NS(=O)(=O)c2ccc(OCc3ccc(F)cc3Cl)cc2)CCC(c2cccnc2)OC1. The van der Waals surface area contributed by atoms with Crippen molar-refractivity contribution in [1.82, 2.24) is 9.71 Å². The molecule has 2 aromatic carbocycles. The summed E-state index contributed by atoms with van der Waals surface area (Å²) in [6, 6.07) is 13.0. The molecule has 0 amide bonds. The van der Waals surface area contributed by atoms with Gasteiger partial charge >= 0.3 is 5.97 Å². The molecule has 0 saturated carbocycles. The van der Waals surface area contributed by atoms with Crippen molar-refractivity contribution >= 4 is 27.6 Å². The van der Waals surface area contributed by atoms with E-state index in [1.54, 1.807) is 18.5 Å². The number of carbonyl (C=O) groups is 1. The molecule has 2 atom stereocenters. The van der Waals surface area contributed by atoms with Gasteiger partial charge in [-0.3, -0.25) is 9.78 Å². The van der Waals surface area contributed by atoms with Crippen LogP contribution in [0.2, 0.25) is 5.02 Å². The summed E-state index contributed by atoms with van der Waals surface area (Å²) in [5.74, 6) is -1.42. The Morgan fingerprint density at radius 2 is 2.03 bits per heavy atom. The van der Waals surface area contributed by atoms with Gasteiger partial charge in [0.05, 0.1) is 22.6 Å². The number of aromatic nitrogens is 1. The predicted octanol–water partition coefficient (Wildman–Crippen LogP) is 4.11. The van der Waals surface area contributed by atoms with Gasteiger partial charge in [0.25, 0.3) is 0 Å². The van der Waals surface area contributed by atoms with Crippen molar-refractivity contribution in [2.24, 2.45) is 0 Å². The van der Waals surface area contributed by atoms with E-state index in [0.29, 0.717) is 17.7 Å². The highest BCUT2D eigenvalue weighted by atomic mass is 35.5. The zero-order valence-corrected chi connectivity index (χ0v) is 19.9. The maximum atomic E-state index is 13.2. The second-order valence-electron chi connectivity index (χ2n) is 8.11. The van der Waals surface area contributed by atoms with Crippen molar-refractivity contribution in [2.45, 2.75) is 36.0 Å². The first-order chi connectivity index (χ1) is 16.7. The van der Waals surface area contributed by atoms with Gasteiger partial charge in [-0.15, -0.1) is 0 Å². The molecule has 2 N–H and O–H groups in total. The Kier molecular flexibility index (Phi) is 7.36. The Labute approximate surface area is 206 Å². The van der Waals surface area contributed by atoms with Gasteiger partial charge in [-0.1, -0.05) is 23.7 Å². The van der Waals surface area contributed by atoms with E-state index in [2.05, 4.69) is 9.71 Å². The summed E-state index contributed by atoms with van der Waals surface area (Å²) in [4.78, 5) is 16.0. The van der Waals surface area contributed by atoms with E-state index in [0.717, 1.165) is 5.56 Å². The topological polar surface area (TPSA) is 115 Å². The number of hydrogen-bond donors (Lipinski definition) is 2. The minimum absolute atomic E-state index is 0.0424. The summed E-state index contributed by atoms with van der Waals surface area (Å²) in [5.41, 5.74) is -0.435. The van der Waals surface area contributed by atoms with E-state index in [-0.39, 0.29) is 35.7 Å². The van der Waals surface area contributed by atoms with Crippen LogP contribution in [0.15, 0.2) is 71.9 Å². The lowest BCUT2D eigenvalue weighted by Gasteiger charge is -2.37. The summed E-state index contributed by atoms with van der Waals surface area (Å²) in [6.07, 6.45) is 3.23. The van der Waals surface area contributed by atoms with Crippen LogP contribution in [-0.4, -0.2) is 36.6 Å². The first-order valence-corrected chi connectivity index (χ1v) is 12.5. The van der Waals surface area contributed by atoms with Gasteiger partial charge in [0.15, 0.2) is 5.54 Å². The highest BCUT2D eigenvalue weighted by molar-refractivity contribution is 7.89. The van der Waals surface area contributed by atoms with Gasteiger partial charge in [0.1, 0.15) is 18.2 Å². The smallest absolute Gasteiger partial charge is 0.327 e. The third-order valence-electron chi connectivity index (χ3n) is 5.70. The average Bonchev–Trinajstić information content (AvgIpc) is 2.84. The number of aliphatic carboxylic acids is 1. The van der Waals surface area contributed by atoms with E-state index >= 15 is 0 Å². The van der Waals surface area contributed by atoms with Gasteiger partial charge in [-0.25, -0.2) is 12.8 Å². The van der Waals surface area contributed by atoms with Crippen molar-refractivity contribution in [1.29, 1.82) is 0 Å². The Morgan fingerprint density at radius 1 is 1.26 bits per heavy atom. The average molecular weight is 521 g/mol. The lowest BCUT2D eigenvalue weighted by Crippen LogP contribution is -2.59. The monoisotopic (exact) mass is 520 g/mol. The molecule has 1 aliphatic rings. The van der Waals surface area contributed by atoms with E-state index in [9.17, 15) is 22.7 Å². The van der Waals surface area contributed by atoms with Gasteiger partial charge in [-0.05, 0) is 60.9 Å². The third-order valence-corrected chi connectivity index (χ3v) is 7.61. The molecule has 184 valence electrons. The van der Waals surface area contributed by atoms with E-state index in [4.69, 9.17) is 21.1 Å². The molecule has 11 heteroatoms. The number of sulfonamides is 1. The Bertz CT molecular complexity index is 1300. The minimum atomic E-state index is -4.18. The highest BCUT2D eigenvalue weighted by Gasteiger charge is 2.46. The molecule has 3 aromatic rings. The first kappa shape index (κ1) is 25.1. The second kappa shape index (κ2) is 10.3. The molecule has 2 unspecified atom stereocenters. The molecule has 0 aliphatic carbocycles. The number of nitrogens with zero attached hydrogens (tertiary/aromatic N) is 1. The Balaban J connectivity index is 1.43. The molecule has 2 heterocycles. The molecule has 1 fully saturated rings. The number of ether oxygens (including phenoxy) is 2. The predicted molar refractivity (Wildman–Crippen MR) is 125 cm³/mol. The number of halogens is 2. The fourth-order valence-electron chi connectivity index (χ4n) is 3.73. The number of benzene rings is 2. The highest BCUT2D eigenvalue weighted by Crippen LogP contribution is 2.34. The summed E-state index contributed by atoms with van der Waals surface area (Å²) < 4.78 is 52.8. The zero-order valence-electron chi connectivity index (χ0n) is 18.4. The minimum Gasteiger partial charge on any atom is -0.489 e. The Morgan fingerprint density at radius 3 is 2.63 bits per heavy atom. The van der Waals surface area contributed by atoms with Crippen LogP contribution in [0.1, 0.15) is 30.1 Å². The lowest BCUT2D eigenvalue weighted by molar-refractivity contribution is -0.152. The largest absolute Gasteiger partial charge is 0.489 e. The number of rotatable bonds is 8. The molecule has 1 aromatic heterocycles. The fraction of sp³-hybridized carbons (Fsp3) is 0.250. The van der Waals surface area contributed by atoms with Crippen LogP contribution in [-0.2, 0) is 26.2 Å². The zero-order chi connectivity index (χ0) is 25.1. The fourth-order valence-corrected chi connectivity index (χ4v) is 5.33. The van der Waals surface area contributed by atoms with Gasteiger partial charge in [0.2, 0.25) is 10.0 Å². The van der Waals surface area contributed by atoms with Crippen LogP contribution < -0.4 is 9.46 Å². The number of pyridine rings is 1. The van der Waals surface area contributed by atoms with E-state index in [1.807, 2.05) is 6.07 Å². The second-order valence-corrected chi connectivity index (χ2v) is 10.2. The van der Waals surface area contributed by atoms with E-state index in [1.165, 1.54) is 42.5 Å². The Hall–Kier alpha value is -3.05. The van der Waals surface area contributed by atoms with Crippen molar-refractivity contribution in [3.63, 3.8) is 0 Å². The quantitative estimate of drug-likeness (QED) is 0.459. The molecule has 1 aliphatic heterocycles. The maximum absolute atomic E-state index is 13.2. The molecular weight excluding hydrogens is 499 g/mol. The molecule has 35 heavy (non-hydrogen) atoms. The number of nitrogens with one attached hydrogen (secondary N) is 1. The number of hydrogen-bond acceptors (Lipinski definition) is 6. The van der Waals surface area contributed by atoms with Crippen LogP contribution in [0.3, 0.4) is 0 Å². The van der Waals surface area contributed by atoms with Crippen molar-refractivity contribution < 1.29 is 32.2 Å². The normalized spacial score (nSPS) is 20.3. The molecular formula is C24H22ClFN2O6S. The van der Waals surface area contributed by atoms with Crippen LogP contribution in [0.5, 0.6) is 5.75 Å². The molecule has 0 bridgehead atoms. The lowest BCUT2D eigenvalue weighted by atomic mass is 9.89. The number of carboxylic acid groups (broad SMARTS) is 1. The molecule has 0 spiro atoms. The third kappa shape index (κ3) is 5.79.